The molecule has 1 fully saturated rings. The highest BCUT2D eigenvalue weighted by molar-refractivity contribution is 7.14. The lowest BCUT2D eigenvalue weighted by Crippen LogP contribution is -2.35. The topological polar surface area (TPSA) is 66.4 Å². The number of nitrogens with one attached hydrogen (secondary N) is 1. The van der Waals surface area contributed by atoms with E-state index in [2.05, 4.69) is 5.32 Å². The second-order valence-electron chi connectivity index (χ2n) is 4.68. The van der Waals surface area contributed by atoms with Gasteiger partial charge in [-0.2, -0.15) is 0 Å². The maximum absolute atomic E-state index is 12.0. The lowest BCUT2D eigenvalue weighted by molar-refractivity contribution is -0.131. The molecule has 4 nitrogen and oxygen atoms in total. The number of rotatable bonds is 4. The SMILES string of the molecule is O=C(O)/C=C/c1ccc(C(=O)NC2CCCCC2)s1. The first kappa shape index (κ1) is 13.8. The quantitative estimate of drug-likeness (QED) is 0.833. The van der Waals surface area contributed by atoms with Gasteiger partial charge in [-0.1, -0.05) is 19.3 Å². The molecule has 0 atom stereocenters. The van der Waals surface area contributed by atoms with E-state index < -0.39 is 5.97 Å². The Balaban J connectivity index is 1.93. The number of carbonyl (C=O) groups is 2. The largest absolute Gasteiger partial charge is 0.478 e. The first-order chi connectivity index (χ1) is 9.15. The van der Waals surface area contributed by atoms with Crippen molar-refractivity contribution in [3.05, 3.63) is 28.0 Å². The van der Waals surface area contributed by atoms with Gasteiger partial charge in [-0.25, -0.2) is 4.79 Å². The average Bonchev–Trinajstić information content (AvgIpc) is 2.86. The van der Waals surface area contributed by atoms with Gasteiger partial charge < -0.3 is 10.4 Å². The van der Waals surface area contributed by atoms with Crippen LogP contribution in [0, 0.1) is 0 Å². The van der Waals surface area contributed by atoms with Crippen molar-refractivity contribution >= 4 is 29.3 Å². The van der Waals surface area contributed by atoms with E-state index >= 15 is 0 Å². The summed E-state index contributed by atoms with van der Waals surface area (Å²) in [6, 6.07) is 3.80. The highest BCUT2D eigenvalue weighted by Crippen LogP contribution is 2.21. The number of carboxylic acid groups (broad SMARTS) is 1. The maximum Gasteiger partial charge on any atom is 0.328 e. The second-order valence-corrected chi connectivity index (χ2v) is 5.80. The number of carboxylic acids is 1. The number of aliphatic carboxylic acids is 1. The summed E-state index contributed by atoms with van der Waals surface area (Å²) in [5.74, 6) is -1.03. The van der Waals surface area contributed by atoms with Gasteiger partial charge in [-0.05, 0) is 31.1 Å². The molecule has 1 aliphatic carbocycles. The number of carbonyl (C=O) groups excluding carboxylic acids is 1. The monoisotopic (exact) mass is 279 g/mol. The van der Waals surface area contributed by atoms with Crippen molar-refractivity contribution < 1.29 is 14.7 Å². The van der Waals surface area contributed by atoms with Crippen LogP contribution in [0.1, 0.15) is 46.7 Å². The zero-order chi connectivity index (χ0) is 13.7. The van der Waals surface area contributed by atoms with Crippen molar-refractivity contribution in [2.24, 2.45) is 0 Å². The van der Waals surface area contributed by atoms with E-state index in [1.165, 1.54) is 36.7 Å². The molecule has 1 aromatic rings. The molecule has 0 spiro atoms. The van der Waals surface area contributed by atoms with Gasteiger partial charge in [-0.3, -0.25) is 4.79 Å². The van der Waals surface area contributed by atoms with Crippen LogP contribution in [0.3, 0.4) is 0 Å². The van der Waals surface area contributed by atoms with Gasteiger partial charge in [-0.15, -0.1) is 11.3 Å². The molecule has 1 saturated carbocycles. The predicted molar refractivity (Wildman–Crippen MR) is 75.3 cm³/mol. The van der Waals surface area contributed by atoms with Crippen LogP contribution in [-0.2, 0) is 4.79 Å². The van der Waals surface area contributed by atoms with Crippen LogP contribution in [0.15, 0.2) is 18.2 Å². The molecule has 19 heavy (non-hydrogen) atoms. The highest BCUT2D eigenvalue weighted by atomic mass is 32.1. The molecule has 0 radical (unpaired) electrons. The van der Waals surface area contributed by atoms with E-state index in [9.17, 15) is 9.59 Å². The third-order valence-electron chi connectivity index (χ3n) is 3.18. The number of hydrogen-bond acceptors (Lipinski definition) is 3. The molecule has 1 aliphatic rings. The summed E-state index contributed by atoms with van der Waals surface area (Å²) in [5.41, 5.74) is 0. The van der Waals surface area contributed by atoms with Gasteiger partial charge in [0.1, 0.15) is 0 Å². The van der Waals surface area contributed by atoms with E-state index in [0.717, 1.165) is 23.8 Å². The van der Waals surface area contributed by atoms with Crippen LogP contribution in [0.4, 0.5) is 0 Å². The molecule has 2 rings (SSSR count). The third-order valence-corrected chi connectivity index (χ3v) is 4.23. The Kier molecular flexibility index (Phi) is 4.74. The number of hydrogen-bond donors (Lipinski definition) is 2. The lowest BCUT2D eigenvalue weighted by Gasteiger charge is -2.22. The molecular weight excluding hydrogens is 262 g/mol. The highest BCUT2D eigenvalue weighted by Gasteiger charge is 2.17. The third kappa shape index (κ3) is 4.21. The van der Waals surface area contributed by atoms with Gasteiger partial charge in [0.2, 0.25) is 0 Å². The fraction of sp³-hybridized carbons (Fsp3) is 0.429. The molecule has 0 unspecified atom stereocenters. The zero-order valence-corrected chi connectivity index (χ0v) is 11.4. The number of thiophene rings is 1. The van der Waals surface area contributed by atoms with E-state index in [0.29, 0.717) is 10.9 Å². The van der Waals surface area contributed by atoms with Crippen molar-refractivity contribution in [2.75, 3.05) is 0 Å². The molecule has 0 aromatic carbocycles. The smallest absolute Gasteiger partial charge is 0.328 e. The minimum atomic E-state index is -0.985. The molecule has 2 N–H and O–H groups in total. The predicted octanol–water partition coefficient (Wildman–Crippen LogP) is 2.91. The van der Waals surface area contributed by atoms with Crippen LogP contribution < -0.4 is 5.32 Å². The van der Waals surface area contributed by atoms with Crippen LogP contribution in [0.25, 0.3) is 6.08 Å². The molecule has 1 amide bonds. The Morgan fingerprint density at radius 3 is 2.68 bits per heavy atom. The van der Waals surface area contributed by atoms with E-state index in [-0.39, 0.29) is 5.91 Å². The van der Waals surface area contributed by atoms with Crippen molar-refractivity contribution in [2.45, 2.75) is 38.1 Å². The molecule has 5 heteroatoms. The Labute approximate surface area is 116 Å². The lowest BCUT2D eigenvalue weighted by atomic mass is 9.95. The van der Waals surface area contributed by atoms with Crippen molar-refractivity contribution in [1.82, 2.24) is 5.32 Å². The van der Waals surface area contributed by atoms with Crippen LogP contribution >= 0.6 is 11.3 Å². The molecule has 0 bridgehead atoms. The standard InChI is InChI=1S/C14H17NO3S/c16-13(17)9-7-11-6-8-12(19-11)14(18)15-10-4-2-1-3-5-10/h6-10H,1-5H2,(H,15,18)(H,16,17)/b9-7+. The van der Waals surface area contributed by atoms with Gasteiger partial charge in [0.15, 0.2) is 0 Å². The summed E-state index contributed by atoms with van der Waals surface area (Å²) in [5, 5.41) is 11.6. The van der Waals surface area contributed by atoms with Crippen molar-refractivity contribution in [3.63, 3.8) is 0 Å². The van der Waals surface area contributed by atoms with Gasteiger partial charge in [0, 0.05) is 17.0 Å². The minimum absolute atomic E-state index is 0.0492. The molecule has 0 aliphatic heterocycles. The van der Waals surface area contributed by atoms with E-state index in [4.69, 9.17) is 5.11 Å². The first-order valence-electron chi connectivity index (χ1n) is 6.47. The fourth-order valence-electron chi connectivity index (χ4n) is 2.22. The van der Waals surface area contributed by atoms with E-state index in [1.807, 2.05) is 0 Å². The Morgan fingerprint density at radius 1 is 1.26 bits per heavy atom. The molecule has 1 aromatic heterocycles. The molecule has 102 valence electrons. The summed E-state index contributed by atoms with van der Waals surface area (Å²) >= 11 is 1.31. The van der Waals surface area contributed by atoms with Crippen molar-refractivity contribution in [3.8, 4) is 0 Å². The molecule has 1 heterocycles. The fourth-order valence-corrected chi connectivity index (χ4v) is 3.04. The molecular formula is C14H17NO3S. The first-order valence-corrected chi connectivity index (χ1v) is 7.28. The minimum Gasteiger partial charge on any atom is -0.478 e. The second kappa shape index (κ2) is 6.52. The van der Waals surface area contributed by atoms with E-state index in [1.54, 1.807) is 12.1 Å². The Morgan fingerprint density at radius 2 is 2.00 bits per heavy atom. The summed E-state index contributed by atoms with van der Waals surface area (Å²) in [6.07, 6.45) is 8.32. The molecule has 0 saturated heterocycles. The summed E-state index contributed by atoms with van der Waals surface area (Å²) in [4.78, 5) is 23.8. The van der Waals surface area contributed by atoms with Gasteiger partial charge in [0.05, 0.1) is 4.88 Å². The zero-order valence-electron chi connectivity index (χ0n) is 10.6. The normalized spacial score (nSPS) is 16.6. The average molecular weight is 279 g/mol. The maximum atomic E-state index is 12.0. The van der Waals surface area contributed by atoms with Crippen LogP contribution in [0.5, 0.6) is 0 Å². The van der Waals surface area contributed by atoms with Gasteiger partial charge >= 0.3 is 5.97 Å². The van der Waals surface area contributed by atoms with Crippen LogP contribution in [-0.4, -0.2) is 23.0 Å². The van der Waals surface area contributed by atoms with Crippen LogP contribution in [0.2, 0.25) is 0 Å². The van der Waals surface area contributed by atoms with Crippen molar-refractivity contribution in [1.29, 1.82) is 0 Å². The summed E-state index contributed by atoms with van der Waals surface area (Å²) in [6.45, 7) is 0. The Bertz CT molecular complexity index is 487. The number of amides is 1. The summed E-state index contributed by atoms with van der Waals surface area (Å²) in [7, 11) is 0. The summed E-state index contributed by atoms with van der Waals surface area (Å²) < 4.78 is 0. The van der Waals surface area contributed by atoms with Gasteiger partial charge in [0.25, 0.3) is 5.91 Å². The Hall–Kier alpha value is -1.62.